The molecule has 1 aromatic rings. The van der Waals surface area contributed by atoms with Crippen molar-refractivity contribution in [2.45, 2.75) is 64.2 Å². The highest BCUT2D eigenvalue weighted by Crippen LogP contribution is 2.37. The minimum Gasteiger partial charge on any atom is -0.399 e. The van der Waals surface area contributed by atoms with Crippen LogP contribution in [-0.4, -0.2) is 29.3 Å². The molecule has 0 spiro atoms. The van der Waals surface area contributed by atoms with Gasteiger partial charge in [0.15, 0.2) is 0 Å². The zero-order valence-corrected chi connectivity index (χ0v) is 12.8. The number of hydrogen-bond acceptors (Lipinski definition) is 4. The van der Waals surface area contributed by atoms with Crippen LogP contribution in [0.2, 0.25) is 0 Å². The maximum atomic E-state index is 6.12. The SMILES string of the molecule is CC1(C)OB(c2cccnc2NC2CCC2)OC1(C)C. The number of hydrogen-bond donors (Lipinski definition) is 1. The van der Waals surface area contributed by atoms with Crippen molar-refractivity contribution in [2.24, 2.45) is 0 Å². The first-order valence-electron chi connectivity index (χ1n) is 7.46. The average molecular weight is 274 g/mol. The fourth-order valence-electron chi connectivity index (χ4n) is 2.44. The summed E-state index contributed by atoms with van der Waals surface area (Å²) in [6.07, 6.45) is 5.56. The van der Waals surface area contributed by atoms with Gasteiger partial charge in [0.05, 0.1) is 11.2 Å². The molecule has 5 heteroatoms. The second-order valence-electron chi connectivity index (χ2n) is 6.80. The lowest BCUT2D eigenvalue weighted by Crippen LogP contribution is -2.41. The predicted octanol–water partition coefficient (Wildman–Crippen LogP) is 2.35. The maximum Gasteiger partial charge on any atom is 0.498 e. The van der Waals surface area contributed by atoms with E-state index in [9.17, 15) is 0 Å². The first kappa shape index (κ1) is 13.9. The monoisotopic (exact) mass is 274 g/mol. The molecule has 0 atom stereocenters. The quantitative estimate of drug-likeness (QED) is 0.859. The van der Waals surface area contributed by atoms with E-state index in [0.717, 1.165) is 11.3 Å². The third-order valence-corrected chi connectivity index (χ3v) is 4.79. The van der Waals surface area contributed by atoms with Crippen molar-refractivity contribution in [2.75, 3.05) is 5.32 Å². The molecule has 1 aliphatic heterocycles. The van der Waals surface area contributed by atoms with Crippen molar-refractivity contribution in [1.82, 2.24) is 4.98 Å². The second kappa shape index (κ2) is 4.74. The molecule has 1 aliphatic carbocycles. The molecule has 0 amide bonds. The van der Waals surface area contributed by atoms with Crippen molar-refractivity contribution in [3.8, 4) is 0 Å². The van der Waals surface area contributed by atoms with Crippen LogP contribution in [0.1, 0.15) is 47.0 Å². The number of anilines is 1. The molecule has 2 fully saturated rings. The summed E-state index contributed by atoms with van der Waals surface area (Å²) in [6, 6.07) is 4.52. The van der Waals surface area contributed by atoms with Crippen LogP contribution >= 0.6 is 0 Å². The van der Waals surface area contributed by atoms with Crippen LogP contribution < -0.4 is 10.8 Å². The molecular weight excluding hydrogens is 251 g/mol. The number of nitrogens with one attached hydrogen (secondary N) is 1. The minimum absolute atomic E-state index is 0.318. The van der Waals surface area contributed by atoms with Gasteiger partial charge in [-0.25, -0.2) is 4.98 Å². The van der Waals surface area contributed by atoms with E-state index < -0.39 is 0 Å². The Morgan fingerprint density at radius 2 is 1.85 bits per heavy atom. The normalized spacial score (nSPS) is 24.5. The van der Waals surface area contributed by atoms with Crippen LogP contribution in [0, 0.1) is 0 Å². The summed E-state index contributed by atoms with van der Waals surface area (Å²) < 4.78 is 12.2. The van der Waals surface area contributed by atoms with E-state index >= 15 is 0 Å². The third-order valence-electron chi connectivity index (χ3n) is 4.79. The Labute approximate surface area is 121 Å². The van der Waals surface area contributed by atoms with Crippen LogP contribution in [-0.2, 0) is 9.31 Å². The van der Waals surface area contributed by atoms with Gasteiger partial charge in [0, 0.05) is 17.7 Å². The van der Waals surface area contributed by atoms with Gasteiger partial charge >= 0.3 is 7.12 Å². The lowest BCUT2D eigenvalue weighted by atomic mass is 9.79. The van der Waals surface area contributed by atoms with Crippen molar-refractivity contribution in [3.05, 3.63) is 18.3 Å². The van der Waals surface area contributed by atoms with Gasteiger partial charge in [-0.3, -0.25) is 0 Å². The highest BCUT2D eigenvalue weighted by molar-refractivity contribution is 6.63. The van der Waals surface area contributed by atoms with E-state index in [1.807, 2.05) is 18.3 Å². The molecule has 0 bridgehead atoms. The average Bonchev–Trinajstić information content (AvgIpc) is 2.54. The molecular formula is C15H23BN2O2. The van der Waals surface area contributed by atoms with Crippen LogP contribution in [0.3, 0.4) is 0 Å². The fraction of sp³-hybridized carbons (Fsp3) is 0.667. The smallest absolute Gasteiger partial charge is 0.399 e. The second-order valence-corrected chi connectivity index (χ2v) is 6.80. The van der Waals surface area contributed by atoms with Crippen molar-refractivity contribution >= 4 is 18.4 Å². The van der Waals surface area contributed by atoms with Crippen LogP contribution in [0.15, 0.2) is 18.3 Å². The number of rotatable bonds is 3. The topological polar surface area (TPSA) is 43.4 Å². The molecule has 2 aliphatic rings. The Hall–Kier alpha value is -1.07. The maximum absolute atomic E-state index is 6.12. The van der Waals surface area contributed by atoms with E-state index in [-0.39, 0.29) is 18.3 Å². The number of aromatic nitrogens is 1. The minimum atomic E-state index is -0.351. The molecule has 0 radical (unpaired) electrons. The fourth-order valence-corrected chi connectivity index (χ4v) is 2.44. The standard InChI is InChI=1S/C15H23BN2O2/c1-14(2)15(3,4)20-16(19-14)12-9-6-10-17-13(12)18-11-7-5-8-11/h6,9-11H,5,7-8H2,1-4H3,(H,17,18). The molecule has 1 aromatic heterocycles. The summed E-state index contributed by atoms with van der Waals surface area (Å²) in [4.78, 5) is 4.47. The lowest BCUT2D eigenvalue weighted by molar-refractivity contribution is 0.00578. The highest BCUT2D eigenvalue weighted by atomic mass is 16.7. The first-order chi connectivity index (χ1) is 9.39. The van der Waals surface area contributed by atoms with Gasteiger partial charge < -0.3 is 14.6 Å². The molecule has 3 rings (SSSR count). The van der Waals surface area contributed by atoms with Crippen molar-refractivity contribution in [3.63, 3.8) is 0 Å². The first-order valence-corrected chi connectivity index (χ1v) is 7.46. The molecule has 20 heavy (non-hydrogen) atoms. The largest absolute Gasteiger partial charge is 0.498 e. The van der Waals surface area contributed by atoms with Gasteiger partial charge in [-0.05, 0) is 53.0 Å². The molecule has 1 N–H and O–H groups in total. The summed E-state index contributed by atoms with van der Waals surface area (Å²) in [7, 11) is -0.351. The Bertz CT molecular complexity index is 484. The van der Waals surface area contributed by atoms with E-state index in [1.54, 1.807) is 0 Å². The van der Waals surface area contributed by atoms with E-state index in [2.05, 4.69) is 38.0 Å². The molecule has 2 heterocycles. The van der Waals surface area contributed by atoms with Gasteiger partial charge in [0.25, 0.3) is 0 Å². The summed E-state index contributed by atoms with van der Waals surface area (Å²) in [5.41, 5.74) is 0.362. The third kappa shape index (κ3) is 2.33. The zero-order valence-electron chi connectivity index (χ0n) is 12.8. The molecule has 1 saturated heterocycles. The van der Waals surface area contributed by atoms with Crippen molar-refractivity contribution in [1.29, 1.82) is 0 Å². The van der Waals surface area contributed by atoms with Gasteiger partial charge in [-0.1, -0.05) is 6.07 Å². The van der Waals surface area contributed by atoms with Crippen LogP contribution in [0.5, 0.6) is 0 Å². The summed E-state index contributed by atoms with van der Waals surface area (Å²) >= 11 is 0. The highest BCUT2D eigenvalue weighted by Gasteiger charge is 2.52. The van der Waals surface area contributed by atoms with E-state index in [1.165, 1.54) is 19.3 Å². The van der Waals surface area contributed by atoms with Crippen LogP contribution in [0.25, 0.3) is 0 Å². The van der Waals surface area contributed by atoms with Crippen molar-refractivity contribution < 1.29 is 9.31 Å². The number of pyridine rings is 1. The Morgan fingerprint density at radius 1 is 1.20 bits per heavy atom. The Balaban J connectivity index is 1.84. The van der Waals surface area contributed by atoms with Gasteiger partial charge in [-0.15, -0.1) is 0 Å². The predicted molar refractivity (Wildman–Crippen MR) is 81.2 cm³/mol. The van der Waals surface area contributed by atoms with Gasteiger partial charge in [0.1, 0.15) is 5.82 Å². The zero-order chi connectivity index (χ0) is 14.4. The van der Waals surface area contributed by atoms with Gasteiger partial charge in [0.2, 0.25) is 0 Å². The number of nitrogens with zero attached hydrogens (tertiary/aromatic N) is 1. The lowest BCUT2D eigenvalue weighted by Gasteiger charge is -2.32. The summed E-state index contributed by atoms with van der Waals surface area (Å²) in [5, 5.41) is 3.51. The molecule has 0 unspecified atom stereocenters. The summed E-state index contributed by atoms with van der Waals surface area (Å²) in [5.74, 6) is 0.899. The Kier molecular flexibility index (Phi) is 3.29. The summed E-state index contributed by atoms with van der Waals surface area (Å²) in [6.45, 7) is 8.29. The molecule has 4 nitrogen and oxygen atoms in total. The molecule has 108 valence electrons. The Morgan fingerprint density at radius 3 is 2.40 bits per heavy atom. The van der Waals surface area contributed by atoms with Crippen LogP contribution in [0.4, 0.5) is 5.82 Å². The molecule has 1 saturated carbocycles. The molecule has 0 aromatic carbocycles. The van der Waals surface area contributed by atoms with E-state index in [0.29, 0.717) is 6.04 Å². The van der Waals surface area contributed by atoms with E-state index in [4.69, 9.17) is 9.31 Å². The van der Waals surface area contributed by atoms with Gasteiger partial charge in [-0.2, -0.15) is 0 Å².